The summed E-state index contributed by atoms with van der Waals surface area (Å²) in [6, 6.07) is 5.96. The van der Waals surface area contributed by atoms with Gasteiger partial charge in [-0.3, -0.25) is 4.99 Å². The van der Waals surface area contributed by atoms with E-state index in [1.54, 1.807) is 34.9 Å². The van der Waals surface area contributed by atoms with Gasteiger partial charge in [0.2, 0.25) is 0 Å². The van der Waals surface area contributed by atoms with Crippen molar-refractivity contribution in [3.05, 3.63) is 23.8 Å². The summed E-state index contributed by atoms with van der Waals surface area (Å²) in [5.74, 6) is 2.17. The van der Waals surface area contributed by atoms with E-state index in [1.807, 2.05) is 25.1 Å². The Morgan fingerprint density at radius 2 is 1.79 bits per heavy atom. The summed E-state index contributed by atoms with van der Waals surface area (Å²) in [5.41, 5.74) is 1.17. The molecule has 0 aliphatic heterocycles. The molecule has 0 saturated heterocycles. The molecule has 0 spiro atoms. The van der Waals surface area contributed by atoms with E-state index >= 15 is 0 Å². The second-order valence-electron chi connectivity index (χ2n) is 7.38. The average Bonchev–Trinajstić information content (AvgIpc) is 2.63. The van der Waals surface area contributed by atoms with Crippen molar-refractivity contribution >= 4 is 39.8 Å². The molecule has 29 heavy (non-hydrogen) atoms. The van der Waals surface area contributed by atoms with Gasteiger partial charge in [0.15, 0.2) is 27.3 Å². The van der Waals surface area contributed by atoms with Crippen LogP contribution in [0.15, 0.2) is 23.2 Å². The summed E-state index contributed by atoms with van der Waals surface area (Å²) < 4.78 is 34.4. The molecule has 0 unspecified atom stereocenters. The Labute approximate surface area is 193 Å². The highest BCUT2D eigenvalue weighted by Crippen LogP contribution is 2.28. The van der Waals surface area contributed by atoms with E-state index in [0.29, 0.717) is 19.1 Å². The van der Waals surface area contributed by atoms with Crippen molar-refractivity contribution in [2.75, 3.05) is 39.6 Å². The van der Waals surface area contributed by atoms with Crippen LogP contribution >= 0.6 is 24.0 Å². The quantitative estimate of drug-likeness (QED) is 0.205. The Morgan fingerprint density at radius 1 is 1.14 bits per heavy atom. The Hall–Kier alpha value is -1.23. The zero-order valence-electron chi connectivity index (χ0n) is 18.4. The minimum absolute atomic E-state index is 0. The van der Waals surface area contributed by atoms with Crippen LogP contribution in [0.3, 0.4) is 0 Å². The lowest BCUT2D eigenvalue weighted by molar-refractivity contribution is 0.310. The Balaban J connectivity index is 0.00000784. The monoisotopic (exact) mass is 541 g/mol. The van der Waals surface area contributed by atoms with Crippen LogP contribution in [0.5, 0.6) is 11.5 Å². The first-order valence-electron chi connectivity index (χ1n) is 9.61. The Morgan fingerprint density at radius 3 is 2.34 bits per heavy atom. The average molecular weight is 541 g/mol. The molecule has 0 aliphatic rings. The SMILES string of the molecule is CCOc1cc(CCCNC(=NC)NCCS(=O)(=O)C(C)(C)C)ccc1OC.I. The van der Waals surface area contributed by atoms with Crippen molar-refractivity contribution in [2.45, 2.75) is 45.3 Å². The number of aliphatic imine (C=N–C) groups is 1. The van der Waals surface area contributed by atoms with Crippen LogP contribution in [0, 0.1) is 0 Å². The molecule has 168 valence electrons. The predicted molar refractivity (Wildman–Crippen MR) is 131 cm³/mol. The van der Waals surface area contributed by atoms with Crippen LogP contribution in [-0.4, -0.2) is 58.7 Å². The third kappa shape index (κ3) is 9.41. The predicted octanol–water partition coefficient (Wildman–Crippen LogP) is 3.02. The molecule has 1 aromatic rings. The van der Waals surface area contributed by atoms with E-state index in [9.17, 15) is 8.42 Å². The minimum Gasteiger partial charge on any atom is -0.493 e. The van der Waals surface area contributed by atoms with Gasteiger partial charge in [0.25, 0.3) is 0 Å². The first kappa shape index (κ1) is 27.8. The molecule has 0 aromatic heterocycles. The van der Waals surface area contributed by atoms with Crippen molar-refractivity contribution in [1.29, 1.82) is 0 Å². The van der Waals surface area contributed by atoms with Gasteiger partial charge < -0.3 is 20.1 Å². The first-order valence-corrected chi connectivity index (χ1v) is 11.3. The topological polar surface area (TPSA) is 89.0 Å². The van der Waals surface area contributed by atoms with Gasteiger partial charge in [-0.2, -0.15) is 0 Å². The van der Waals surface area contributed by atoms with Crippen molar-refractivity contribution in [3.8, 4) is 11.5 Å². The molecule has 1 aromatic carbocycles. The molecule has 0 fully saturated rings. The van der Waals surface area contributed by atoms with E-state index in [-0.39, 0.29) is 29.7 Å². The fourth-order valence-corrected chi connectivity index (χ4v) is 3.46. The number of ether oxygens (including phenoxy) is 2. The summed E-state index contributed by atoms with van der Waals surface area (Å²) in [7, 11) is 0.159. The third-order valence-corrected chi connectivity index (χ3v) is 6.89. The number of halogens is 1. The molecule has 0 heterocycles. The van der Waals surface area contributed by atoms with Gasteiger partial charge in [0.05, 0.1) is 24.2 Å². The Kier molecular flexibility index (Phi) is 12.6. The van der Waals surface area contributed by atoms with Gasteiger partial charge in [0, 0.05) is 20.1 Å². The van der Waals surface area contributed by atoms with Crippen molar-refractivity contribution < 1.29 is 17.9 Å². The van der Waals surface area contributed by atoms with Crippen LogP contribution in [0.25, 0.3) is 0 Å². The Bertz CT molecular complexity index is 747. The number of benzene rings is 1. The maximum atomic E-state index is 12.1. The summed E-state index contributed by atoms with van der Waals surface area (Å²) in [4.78, 5) is 4.14. The van der Waals surface area contributed by atoms with Crippen LogP contribution in [0.4, 0.5) is 0 Å². The third-order valence-electron chi connectivity index (χ3n) is 4.28. The number of nitrogens with one attached hydrogen (secondary N) is 2. The lowest BCUT2D eigenvalue weighted by Crippen LogP contribution is -2.42. The van der Waals surface area contributed by atoms with E-state index in [0.717, 1.165) is 30.9 Å². The van der Waals surface area contributed by atoms with Crippen LogP contribution in [0.1, 0.15) is 39.7 Å². The summed E-state index contributed by atoms with van der Waals surface area (Å²) in [6.45, 7) is 8.73. The highest BCUT2D eigenvalue weighted by Gasteiger charge is 2.28. The highest BCUT2D eigenvalue weighted by atomic mass is 127. The molecule has 0 aliphatic carbocycles. The molecule has 1 rings (SSSR count). The fourth-order valence-electron chi connectivity index (χ4n) is 2.47. The van der Waals surface area contributed by atoms with Crippen LogP contribution < -0.4 is 20.1 Å². The molecule has 7 nitrogen and oxygen atoms in total. The zero-order chi connectivity index (χ0) is 21.2. The maximum Gasteiger partial charge on any atom is 0.191 e. The molecular formula is C20H36IN3O4S. The number of sulfone groups is 1. The highest BCUT2D eigenvalue weighted by molar-refractivity contribution is 14.0. The van der Waals surface area contributed by atoms with E-state index in [2.05, 4.69) is 15.6 Å². The van der Waals surface area contributed by atoms with Gasteiger partial charge >= 0.3 is 0 Å². The standard InChI is InChI=1S/C20H35N3O4S.HI/c1-7-27-18-15-16(10-11-17(18)26-6)9-8-12-22-19(21-5)23-13-14-28(24,25)20(2,3)4;/h10-11,15H,7-9,12-14H2,1-6H3,(H2,21,22,23);1H. The number of nitrogens with zero attached hydrogens (tertiary/aromatic N) is 1. The molecular weight excluding hydrogens is 505 g/mol. The number of aryl methyl sites for hydroxylation is 1. The van der Waals surface area contributed by atoms with Gasteiger partial charge in [-0.1, -0.05) is 6.07 Å². The number of methoxy groups -OCH3 is 1. The van der Waals surface area contributed by atoms with Gasteiger partial charge in [0.1, 0.15) is 0 Å². The summed E-state index contributed by atoms with van der Waals surface area (Å²) in [6.07, 6.45) is 1.78. The minimum atomic E-state index is -3.14. The molecule has 0 amide bonds. The second-order valence-corrected chi connectivity index (χ2v) is 10.2. The van der Waals surface area contributed by atoms with E-state index in [1.165, 1.54) is 5.56 Å². The molecule has 9 heteroatoms. The molecule has 0 radical (unpaired) electrons. The molecule has 0 saturated carbocycles. The summed E-state index contributed by atoms with van der Waals surface area (Å²) >= 11 is 0. The van der Waals surface area contributed by atoms with Gasteiger partial charge in [-0.05, 0) is 58.2 Å². The van der Waals surface area contributed by atoms with Crippen LogP contribution in [-0.2, 0) is 16.3 Å². The zero-order valence-corrected chi connectivity index (χ0v) is 21.5. The maximum absolute atomic E-state index is 12.1. The van der Waals surface area contributed by atoms with Crippen molar-refractivity contribution in [1.82, 2.24) is 10.6 Å². The van der Waals surface area contributed by atoms with Crippen LogP contribution in [0.2, 0.25) is 0 Å². The van der Waals surface area contributed by atoms with Gasteiger partial charge in [-0.25, -0.2) is 8.42 Å². The molecule has 2 N–H and O–H groups in total. The van der Waals surface area contributed by atoms with Gasteiger partial charge in [-0.15, -0.1) is 24.0 Å². The number of hydrogen-bond acceptors (Lipinski definition) is 5. The van der Waals surface area contributed by atoms with Crippen molar-refractivity contribution in [2.24, 2.45) is 4.99 Å². The van der Waals surface area contributed by atoms with E-state index in [4.69, 9.17) is 9.47 Å². The lowest BCUT2D eigenvalue weighted by Gasteiger charge is -2.19. The largest absolute Gasteiger partial charge is 0.493 e. The number of guanidine groups is 1. The summed E-state index contributed by atoms with van der Waals surface area (Å²) in [5, 5.41) is 6.28. The lowest BCUT2D eigenvalue weighted by atomic mass is 10.1. The molecule has 0 atom stereocenters. The first-order chi connectivity index (χ1) is 13.1. The fraction of sp³-hybridized carbons (Fsp3) is 0.650. The smallest absolute Gasteiger partial charge is 0.191 e. The van der Waals surface area contributed by atoms with Crippen molar-refractivity contribution in [3.63, 3.8) is 0 Å². The second kappa shape index (κ2) is 13.1. The number of hydrogen-bond donors (Lipinski definition) is 2. The molecule has 0 bridgehead atoms. The van der Waals surface area contributed by atoms with E-state index < -0.39 is 14.6 Å². The normalized spacial score (nSPS) is 12.1. The number of rotatable bonds is 10.